The lowest BCUT2D eigenvalue weighted by atomic mass is 10.3. The maximum atomic E-state index is 12.5. The van der Waals surface area contributed by atoms with E-state index in [1.54, 1.807) is 22.8 Å². The topological polar surface area (TPSA) is 20.7 Å². The van der Waals surface area contributed by atoms with Crippen LogP contribution >= 0.6 is 24.0 Å². The number of aromatic nitrogens is 2. The zero-order valence-electron chi connectivity index (χ0n) is 9.69. The first-order valence-electron chi connectivity index (χ1n) is 5.47. The molecule has 1 aromatic carbocycles. The number of hydrogen-bond donors (Lipinski definition) is 1. The molecule has 96 valence electrons. The molecule has 1 heterocycles. The third-order valence-corrected chi connectivity index (χ3v) is 3.61. The molecule has 0 aliphatic rings. The lowest BCUT2D eigenvalue weighted by Crippen LogP contribution is -2.01. The van der Waals surface area contributed by atoms with E-state index < -0.39 is 5.76 Å². The Hall–Kier alpha value is -1.14. The van der Waals surface area contributed by atoms with Gasteiger partial charge in [-0.3, -0.25) is 4.57 Å². The Labute approximate surface area is 113 Å². The van der Waals surface area contributed by atoms with Gasteiger partial charge in [-0.05, 0) is 30.8 Å². The molecule has 0 fully saturated rings. The third-order valence-electron chi connectivity index (χ3n) is 2.54. The predicted molar refractivity (Wildman–Crippen MR) is 72.2 cm³/mol. The largest absolute Gasteiger partial charge is 0.337 e. The molecular weight excluding hydrogens is 274 g/mol. The van der Waals surface area contributed by atoms with Gasteiger partial charge in [0, 0.05) is 16.8 Å². The molecule has 0 aliphatic carbocycles. The average molecular weight is 286 g/mol. The van der Waals surface area contributed by atoms with Crippen molar-refractivity contribution in [1.82, 2.24) is 9.55 Å². The fraction of sp³-hybridized carbons (Fsp3) is 0.250. The SMILES string of the molecule is CCc1c[nH]c(=S)n1-c1ccccc1SC(F)F. The van der Waals surface area contributed by atoms with E-state index >= 15 is 0 Å². The second kappa shape index (κ2) is 5.67. The molecule has 1 N–H and O–H groups in total. The van der Waals surface area contributed by atoms with E-state index in [1.165, 1.54) is 0 Å². The fourth-order valence-electron chi connectivity index (χ4n) is 1.77. The number of hydrogen-bond acceptors (Lipinski definition) is 2. The Bertz CT molecular complexity index is 590. The number of para-hydroxylation sites is 1. The van der Waals surface area contributed by atoms with Crippen LogP contribution in [0, 0.1) is 4.77 Å². The molecule has 2 aromatic rings. The number of imidazole rings is 1. The summed E-state index contributed by atoms with van der Waals surface area (Å²) in [6.45, 7) is 2.00. The Morgan fingerprint density at radius 2 is 2.11 bits per heavy atom. The number of alkyl halides is 2. The molecule has 0 bridgehead atoms. The zero-order valence-corrected chi connectivity index (χ0v) is 11.3. The van der Waals surface area contributed by atoms with Crippen molar-refractivity contribution in [2.24, 2.45) is 0 Å². The second-order valence-corrected chi connectivity index (χ2v) is 5.04. The van der Waals surface area contributed by atoms with Gasteiger partial charge in [-0.1, -0.05) is 30.8 Å². The van der Waals surface area contributed by atoms with Crippen molar-refractivity contribution in [1.29, 1.82) is 0 Å². The van der Waals surface area contributed by atoms with Crippen molar-refractivity contribution >= 4 is 24.0 Å². The van der Waals surface area contributed by atoms with Crippen molar-refractivity contribution in [3.05, 3.63) is 40.9 Å². The van der Waals surface area contributed by atoms with Gasteiger partial charge in [-0.2, -0.15) is 8.78 Å². The van der Waals surface area contributed by atoms with E-state index in [1.807, 2.05) is 19.2 Å². The minimum atomic E-state index is -2.44. The quantitative estimate of drug-likeness (QED) is 0.663. The zero-order chi connectivity index (χ0) is 13.1. The lowest BCUT2D eigenvalue weighted by molar-refractivity contribution is 0.252. The maximum Gasteiger partial charge on any atom is 0.288 e. The predicted octanol–water partition coefficient (Wildman–Crippen LogP) is 4.41. The highest BCUT2D eigenvalue weighted by molar-refractivity contribution is 7.99. The molecule has 6 heteroatoms. The molecule has 18 heavy (non-hydrogen) atoms. The molecule has 0 spiro atoms. The van der Waals surface area contributed by atoms with Crippen molar-refractivity contribution in [3.8, 4) is 5.69 Å². The summed E-state index contributed by atoms with van der Waals surface area (Å²) in [4.78, 5) is 3.47. The van der Waals surface area contributed by atoms with Crippen LogP contribution in [0.2, 0.25) is 0 Å². The Morgan fingerprint density at radius 1 is 1.39 bits per heavy atom. The number of H-pyrrole nitrogens is 1. The first-order chi connectivity index (χ1) is 8.63. The fourth-order valence-corrected chi connectivity index (χ4v) is 2.67. The van der Waals surface area contributed by atoms with Crippen LogP contribution in [0.4, 0.5) is 8.78 Å². The van der Waals surface area contributed by atoms with Gasteiger partial charge in [0.2, 0.25) is 0 Å². The van der Waals surface area contributed by atoms with Crippen LogP contribution in [0.3, 0.4) is 0 Å². The van der Waals surface area contributed by atoms with Gasteiger partial charge < -0.3 is 4.98 Å². The highest BCUT2D eigenvalue weighted by Crippen LogP contribution is 2.31. The summed E-state index contributed by atoms with van der Waals surface area (Å²) in [6.07, 6.45) is 2.59. The maximum absolute atomic E-state index is 12.5. The molecule has 0 amide bonds. The summed E-state index contributed by atoms with van der Waals surface area (Å²) in [5.74, 6) is -2.44. The summed E-state index contributed by atoms with van der Waals surface area (Å²) in [7, 11) is 0. The molecule has 0 radical (unpaired) electrons. The molecule has 0 unspecified atom stereocenters. The minimum absolute atomic E-state index is 0.522. The van der Waals surface area contributed by atoms with Crippen LogP contribution in [0.5, 0.6) is 0 Å². The van der Waals surface area contributed by atoms with Crippen LogP contribution in [0.25, 0.3) is 5.69 Å². The Kier molecular flexibility index (Phi) is 4.19. The van der Waals surface area contributed by atoms with Crippen LogP contribution < -0.4 is 0 Å². The van der Waals surface area contributed by atoms with E-state index in [-0.39, 0.29) is 0 Å². The van der Waals surface area contributed by atoms with Gasteiger partial charge in [-0.15, -0.1) is 0 Å². The molecule has 2 nitrogen and oxygen atoms in total. The Morgan fingerprint density at radius 3 is 2.78 bits per heavy atom. The first kappa shape index (κ1) is 13.3. The molecule has 0 aliphatic heterocycles. The van der Waals surface area contributed by atoms with E-state index in [0.29, 0.717) is 27.1 Å². The van der Waals surface area contributed by atoms with Gasteiger partial charge in [0.05, 0.1) is 5.69 Å². The first-order valence-corrected chi connectivity index (χ1v) is 6.75. The highest BCUT2D eigenvalue weighted by Gasteiger charge is 2.13. The van der Waals surface area contributed by atoms with Gasteiger partial charge in [0.1, 0.15) is 0 Å². The number of halogens is 2. The standard InChI is InChI=1S/C12H12F2N2S2/c1-2-8-7-15-12(17)16(8)9-5-3-4-6-10(9)18-11(13)14/h3-7,11H,2H2,1H3,(H,15,17). The van der Waals surface area contributed by atoms with Crippen LogP contribution in [-0.4, -0.2) is 15.3 Å². The number of nitrogens with one attached hydrogen (secondary N) is 1. The molecule has 0 atom stereocenters. The van der Waals surface area contributed by atoms with E-state index in [0.717, 1.165) is 12.1 Å². The normalized spacial score (nSPS) is 11.1. The van der Waals surface area contributed by atoms with Crippen molar-refractivity contribution in [2.45, 2.75) is 24.0 Å². The number of nitrogens with zero attached hydrogens (tertiary/aromatic N) is 1. The molecule has 1 aromatic heterocycles. The van der Waals surface area contributed by atoms with Crippen molar-refractivity contribution in [3.63, 3.8) is 0 Å². The summed E-state index contributed by atoms with van der Waals surface area (Å²) in [5.41, 5.74) is 1.67. The second-order valence-electron chi connectivity index (χ2n) is 3.62. The monoisotopic (exact) mass is 286 g/mol. The van der Waals surface area contributed by atoms with Crippen LogP contribution in [-0.2, 0) is 6.42 Å². The average Bonchev–Trinajstić information content (AvgIpc) is 2.70. The summed E-state index contributed by atoms with van der Waals surface area (Å²) >= 11 is 5.74. The number of rotatable bonds is 4. The highest BCUT2D eigenvalue weighted by atomic mass is 32.2. The summed E-state index contributed by atoms with van der Waals surface area (Å²) in [5, 5.41) is 0. The molecule has 0 saturated carbocycles. The van der Waals surface area contributed by atoms with Gasteiger partial charge in [-0.25, -0.2) is 0 Å². The van der Waals surface area contributed by atoms with E-state index in [2.05, 4.69) is 4.98 Å². The number of aromatic amines is 1. The van der Waals surface area contributed by atoms with E-state index in [4.69, 9.17) is 12.2 Å². The number of thioether (sulfide) groups is 1. The molecule has 2 rings (SSSR count). The van der Waals surface area contributed by atoms with Crippen molar-refractivity contribution < 1.29 is 8.78 Å². The summed E-state index contributed by atoms with van der Waals surface area (Å²) in [6, 6.07) is 7.04. The lowest BCUT2D eigenvalue weighted by Gasteiger charge is -2.11. The Balaban J connectivity index is 2.56. The number of aryl methyl sites for hydroxylation is 1. The van der Waals surface area contributed by atoms with Gasteiger partial charge in [0.15, 0.2) is 4.77 Å². The van der Waals surface area contributed by atoms with Gasteiger partial charge >= 0.3 is 0 Å². The molecule has 0 saturated heterocycles. The van der Waals surface area contributed by atoms with Crippen molar-refractivity contribution in [2.75, 3.05) is 0 Å². The van der Waals surface area contributed by atoms with Crippen LogP contribution in [0.1, 0.15) is 12.6 Å². The summed E-state index contributed by atoms with van der Waals surface area (Å²) < 4.78 is 27.4. The molecular formula is C12H12F2N2S2. The number of benzene rings is 1. The minimum Gasteiger partial charge on any atom is -0.337 e. The van der Waals surface area contributed by atoms with Crippen LogP contribution in [0.15, 0.2) is 35.4 Å². The third kappa shape index (κ3) is 2.64. The van der Waals surface area contributed by atoms with E-state index in [9.17, 15) is 8.78 Å². The van der Waals surface area contributed by atoms with Gasteiger partial charge in [0.25, 0.3) is 5.76 Å². The smallest absolute Gasteiger partial charge is 0.288 e.